The molecule has 60 valence electrons. The molecule has 1 heterocycles. The zero-order chi connectivity index (χ0) is 8.97. The van der Waals surface area contributed by atoms with Gasteiger partial charge < -0.3 is 4.74 Å². The predicted molar refractivity (Wildman–Crippen MR) is 43.5 cm³/mol. The summed E-state index contributed by atoms with van der Waals surface area (Å²) >= 11 is 0. The van der Waals surface area contributed by atoms with Crippen molar-refractivity contribution in [1.29, 1.82) is 0 Å². The molecule has 0 N–H and O–H groups in total. The number of nitrogens with zero attached hydrogens (tertiary/aromatic N) is 1. The number of ether oxygens (including phenoxy) is 1. The van der Waals surface area contributed by atoms with Crippen molar-refractivity contribution < 1.29 is 9.53 Å². The number of carbonyl (C=O) groups excluding carboxylic acids is 1. The van der Waals surface area contributed by atoms with Gasteiger partial charge in [-0.15, -0.1) is 6.42 Å². The first kappa shape index (κ1) is 8.28. The van der Waals surface area contributed by atoms with Crippen molar-refractivity contribution in [2.24, 2.45) is 0 Å². The fourth-order valence-corrected chi connectivity index (χ4v) is 0.705. The summed E-state index contributed by atoms with van der Waals surface area (Å²) < 4.78 is 4.46. The van der Waals surface area contributed by atoms with E-state index in [4.69, 9.17) is 6.42 Å². The predicted octanol–water partition coefficient (Wildman–Crippen LogP) is 0.849. The van der Waals surface area contributed by atoms with Gasteiger partial charge in [0.15, 0.2) is 0 Å². The highest BCUT2D eigenvalue weighted by atomic mass is 16.5. The molecule has 12 heavy (non-hydrogen) atoms. The number of hydrogen-bond acceptors (Lipinski definition) is 3. The lowest BCUT2D eigenvalue weighted by Gasteiger charge is -1.96. The highest BCUT2D eigenvalue weighted by molar-refractivity contribution is 5.87. The van der Waals surface area contributed by atoms with E-state index in [2.05, 4.69) is 15.6 Å². The van der Waals surface area contributed by atoms with E-state index in [1.54, 1.807) is 6.07 Å². The van der Waals surface area contributed by atoms with E-state index in [1.165, 1.54) is 19.4 Å². The fraction of sp³-hybridized carbons (Fsp3) is 0.111. The summed E-state index contributed by atoms with van der Waals surface area (Å²) in [6, 6.07) is 3.17. The van der Waals surface area contributed by atoms with E-state index in [0.717, 1.165) is 0 Å². The van der Waals surface area contributed by atoms with Crippen LogP contribution < -0.4 is 0 Å². The number of carbonyl (C=O) groups is 1. The third-order valence-electron chi connectivity index (χ3n) is 1.32. The molecule has 0 bridgehead atoms. The van der Waals surface area contributed by atoms with Crippen LogP contribution in [0.25, 0.3) is 0 Å². The van der Waals surface area contributed by atoms with Gasteiger partial charge >= 0.3 is 5.97 Å². The third kappa shape index (κ3) is 1.61. The van der Waals surface area contributed by atoms with E-state index < -0.39 is 5.97 Å². The number of esters is 1. The zero-order valence-corrected chi connectivity index (χ0v) is 6.57. The smallest absolute Gasteiger partial charge is 0.356 e. The molecular weight excluding hydrogens is 154 g/mol. The Morgan fingerprint density at radius 1 is 1.67 bits per heavy atom. The van der Waals surface area contributed by atoms with Crippen LogP contribution in [-0.4, -0.2) is 18.1 Å². The molecule has 0 atom stereocenters. The molecule has 1 aromatic rings. The van der Waals surface area contributed by atoms with Gasteiger partial charge in [-0.1, -0.05) is 5.92 Å². The number of terminal acetylenes is 1. The molecular formula is C9H7NO2. The molecule has 3 heteroatoms. The fourth-order valence-electron chi connectivity index (χ4n) is 0.705. The van der Waals surface area contributed by atoms with Gasteiger partial charge in [-0.25, -0.2) is 9.78 Å². The van der Waals surface area contributed by atoms with Gasteiger partial charge in [0.25, 0.3) is 0 Å². The molecule has 0 aliphatic heterocycles. The number of hydrogen-bond donors (Lipinski definition) is 0. The van der Waals surface area contributed by atoms with E-state index in [9.17, 15) is 4.79 Å². The Balaban J connectivity index is 2.94. The first-order valence-corrected chi connectivity index (χ1v) is 3.29. The van der Waals surface area contributed by atoms with E-state index in [-0.39, 0.29) is 5.69 Å². The Morgan fingerprint density at radius 2 is 2.42 bits per heavy atom. The molecule has 0 amide bonds. The molecule has 1 aromatic heterocycles. The maximum absolute atomic E-state index is 10.9. The Morgan fingerprint density at radius 3 is 2.83 bits per heavy atom. The first-order chi connectivity index (χ1) is 5.77. The highest BCUT2D eigenvalue weighted by Crippen LogP contribution is 1.99. The summed E-state index contributed by atoms with van der Waals surface area (Å²) in [6.45, 7) is 0. The summed E-state index contributed by atoms with van der Waals surface area (Å²) in [4.78, 5) is 14.7. The average Bonchev–Trinajstić information content (AvgIpc) is 2.17. The molecule has 0 radical (unpaired) electrons. The van der Waals surface area contributed by atoms with Gasteiger partial charge in [0.1, 0.15) is 5.69 Å². The Bertz CT molecular complexity index is 321. The third-order valence-corrected chi connectivity index (χ3v) is 1.32. The summed E-state index contributed by atoms with van der Waals surface area (Å²) in [5, 5.41) is 0. The van der Waals surface area contributed by atoms with Crippen LogP contribution in [0.3, 0.4) is 0 Å². The normalized spacial score (nSPS) is 8.67. The molecule has 3 nitrogen and oxygen atoms in total. The molecule has 0 aliphatic rings. The summed E-state index contributed by atoms with van der Waals surface area (Å²) in [6.07, 6.45) is 6.55. The van der Waals surface area contributed by atoms with Gasteiger partial charge in [0, 0.05) is 11.8 Å². The highest BCUT2D eigenvalue weighted by Gasteiger charge is 2.04. The van der Waals surface area contributed by atoms with E-state index in [1.807, 2.05) is 0 Å². The lowest BCUT2D eigenvalue weighted by molar-refractivity contribution is 0.0594. The minimum Gasteiger partial charge on any atom is -0.464 e. The maximum Gasteiger partial charge on any atom is 0.356 e. The second-order valence-corrected chi connectivity index (χ2v) is 2.07. The molecule has 0 saturated carbocycles. The molecule has 1 rings (SSSR count). The molecule has 0 aromatic carbocycles. The minimum absolute atomic E-state index is 0.261. The largest absolute Gasteiger partial charge is 0.464 e. The van der Waals surface area contributed by atoms with Gasteiger partial charge in [0.2, 0.25) is 0 Å². The van der Waals surface area contributed by atoms with Crippen molar-refractivity contribution in [2.45, 2.75) is 0 Å². The van der Waals surface area contributed by atoms with Gasteiger partial charge in [-0.2, -0.15) is 0 Å². The SMILES string of the molecule is C#Cc1ccc(C(=O)OC)nc1. The first-order valence-electron chi connectivity index (χ1n) is 3.29. The maximum atomic E-state index is 10.9. The van der Waals surface area contributed by atoms with Crippen molar-refractivity contribution in [3.05, 3.63) is 29.6 Å². The van der Waals surface area contributed by atoms with Crippen LogP contribution in [0.2, 0.25) is 0 Å². The zero-order valence-electron chi connectivity index (χ0n) is 6.57. The van der Waals surface area contributed by atoms with Crippen molar-refractivity contribution in [3.63, 3.8) is 0 Å². The summed E-state index contributed by atoms with van der Waals surface area (Å²) in [5.41, 5.74) is 0.902. The van der Waals surface area contributed by atoms with Crippen molar-refractivity contribution in [2.75, 3.05) is 7.11 Å². The second-order valence-electron chi connectivity index (χ2n) is 2.07. The van der Waals surface area contributed by atoms with Crippen LogP contribution in [0.1, 0.15) is 16.1 Å². The molecule has 0 aliphatic carbocycles. The Kier molecular flexibility index (Phi) is 2.44. The van der Waals surface area contributed by atoms with Crippen LogP contribution in [-0.2, 0) is 4.74 Å². The monoisotopic (exact) mass is 161 g/mol. The van der Waals surface area contributed by atoms with Crippen LogP contribution in [0, 0.1) is 12.3 Å². The molecule has 0 unspecified atom stereocenters. The number of methoxy groups -OCH3 is 1. The standard InChI is InChI=1S/C9H7NO2/c1-3-7-4-5-8(10-6-7)9(11)12-2/h1,4-6H,2H3. The second kappa shape index (κ2) is 3.54. The van der Waals surface area contributed by atoms with Gasteiger partial charge in [-0.05, 0) is 12.1 Å². The van der Waals surface area contributed by atoms with Crippen LogP contribution in [0.15, 0.2) is 18.3 Å². The number of rotatable bonds is 1. The average molecular weight is 161 g/mol. The van der Waals surface area contributed by atoms with Crippen LogP contribution in [0.5, 0.6) is 0 Å². The molecule has 0 saturated heterocycles. The van der Waals surface area contributed by atoms with Crippen molar-refractivity contribution in [1.82, 2.24) is 4.98 Å². The quantitative estimate of drug-likeness (QED) is 0.452. The van der Waals surface area contributed by atoms with Gasteiger partial charge in [-0.3, -0.25) is 0 Å². The van der Waals surface area contributed by atoms with E-state index in [0.29, 0.717) is 5.56 Å². The molecule has 0 spiro atoms. The van der Waals surface area contributed by atoms with Gasteiger partial charge in [0.05, 0.1) is 7.11 Å². The Hall–Kier alpha value is -1.82. The minimum atomic E-state index is -0.460. The number of aromatic nitrogens is 1. The topological polar surface area (TPSA) is 39.2 Å². The van der Waals surface area contributed by atoms with Crippen molar-refractivity contribution >= 4 is 5.97 Å². The van der Waals surface area contributed by atoms with E-state index >= 15 is 0 Å². The summed E-state index contributed by atoms with van der Waals surface area (Å²) in [7, 11) is 1.30. The lowest BCUT2D eigenvalue weighted by atomic mass is 10.2. The van der Waals surface area contributed by atoms with Crippen molar-refractivity contribution in [3.8, 4) is 12.3 Å². The molecule has 0 fully saturated rings. The Labute approximate surface area is 70.4 Å². The van der Waals surface area contributed by atoms with Crippen LogP contribution in [0.4, 0.5) is 0 Å². The summed E-state index contributed by atoms with van der Waals surface area (Å²) in [5.74, 6) is 1.94. The lowest BCUT2D eigenvalue weighted by Crippen LogP contribution is -2.03. The number of pyridine rings is 1. The van der Waals surface area contributed by atoms with Crippen LogP contribution >= 0.6 is 0 Å².